The average molecular weight is 319 g/mol. The molecule has 0 bridgehead atoms. The molecular formula is C18H29N3O2. The molecule has 128 valence electrons. The number of morpholine rings is 1. The molecule has 2 rings (SSSR count). The topological polar surface area (TPSA) is 53.6 Å². The highest BCUT2D eigenvalue weighted by Crippen LogP contribution is 2.20. The van der Waals surface area contributed by atoms with E-state index in [1.165, 1.54) is 12.5 Å². The molecule has 1 aromatic rings. The Hall–Kier alpha value is -1.43. The molecule has 5 heteroatoms. The lowest BCUT2D eigenvalue weighted by Gasteiger charge is -2.41. The Morgan fingerprint density at radius 2 is 2.04 bits per heavy atom. The van der Waals surface area contributed by atoms with E-state index >= 15 is 0 Å². The van der Waals surface area contributed by atoms with Gasteiger partial charge in [-0.1, -0.05) is 12.1 Å². The molecule has 1 saturated heterocycles. The summed E-state index contributed by atoms with van der Waals surface area (Å²) in [6.07, 6.45) is 0. The van der Waals surface area contributed by atoms with E-state index in [4.69, 9.17) is 4.74 Å². The fourth-order valence-electron chi connectivity index (χ4n) is 2.89. The zero-order valence-electron chi connectivity index (χ0n) is 14.7. The van der Waals surface area contributed by atoms with E-state index < -0.39 is 0 Å². The van der Waals surface area contributed by atoms with Crippen LogP contribution in [0.3, 0.4) is 0 Å². The largest absolute Gasteiger partial charge is 0.379 e. The number of rotatable bonds is 6. The van der Waals surface area contributed by atoms with Crippen LogP contribution in [0.25, 0.3) is 0 Å². The molecule has 1 aliphatic heterocycles. The molecule has 1 atom stereocenters. The fourth-order valence-corrected chi connectivity index (χ4v) is 2.89. The minimum atomic E-state index is -0.0452. The van der Waals surface area contributed by atoms with Crippen molar-refractivity contribution in [3.05, 3.63) is 29.8 Å². The summed E-state index contributed by atoms with van der Waals surface area (Å²) in [6, 6.07) is 8.23. The van der Waals surface area contributed by atoms with Crippen LogP contribution in [0.15, 0.2) is 24.3 Å². The maximum absolute atomic E-state index is 11.2. The second-order valence-corrected chi connectivity index (χ2v) is 6.82. The van der Waals surface area contributed by atoms with E-state index in [9.17, 15) is 4.79 Å². The van der Waals surface area contributed by atoms with Gasteiger partial charge in [0.15, 0.2) is 0 Å². The Balaban J connectivity index is 1.93. The van der Waals surface area contributed by atoms with E-state index in [2.05, 4.69) is 42.4 Å². The molecule has 0 saturated carbocycles. The standard InChI is InChI=1S/C18H29N3O2/c1-14(16-6-5-7-17(12-16)20-15(2)22)19-13-18(3,4)21-8-10-23-11-9-21/h5-7,12,14,19H,8-11,13H2,1-4H3,(H,20,22). The van der Waals surface area contributed by atoms with Crippen LogP contribution in [0.4, 0.5) is 5.69 Å². The number of amides is 1. The van der Waals surface area contributed by atoms with Gasteiger partial charge in [0, 0.05) is 43.8 Å². The summed E-state index contributed by atoms with van der Waals surface area (Å²) in [6.45, 7) is 12.7. The van der Waals surface area contributed by atoms with Crippen molar-refractivity contribution in [1.29, 1.82) is 0 Å². The Labute approximate surface area is 139 Å². The Bertz CT molecular complexity index is 525. The number of hydrogen-bond acceptors (Lipinski definition) is 4. The first-order chi connectivity index (χ1) is 10.9. The minimum Gasteiger partial charge on any atom is -0.379 e. The second-order valence-electron chi connectivity index (χ2n) is 6.82. The highest BCUT2D eigenvalue weighted by molar-refractivity contribution is 5.88. The fraction of sp³-hybridized carbons (Fsp3) is 0.611. The number of carbonyl (C=O) groups is 1. The van der Waals surface area contributed by atoms with E-state index in [1.807, 2.05) is 18.2 Å². The van der Waals surface area contributed by atoms with Gasteiger partial charge in [0.1, 0.15) is 0 Å². The minimum absolute atomic E-state index is 0.0452. The molecule has 0 aromatic heterocycles. The zero-order valence-corrected chi connectivity index (χ0v) is 14.7. The van der Waals surface area contributed by atoms with Crippen molar-refractivity contribution in [2.24, 2.45) is 0 Å². The molecule has 23 heavy (non-hydrogen) atoms. The Morgan fingerprint density at radius 1 is 1.35 bits per heavy atom. The number of nitrogens with one attached hydrogen (secondary N) is 2. The van der Waals surface area contributed by atoms with Gasteiger partial charge in [0.25, 0.3) is 0 Å². The first-order valence-corrected chi connectivity index (χ1v) is 8.32. The molecule has 1 fully saturated rings. The van der Waals surface area contributed by atoms with E-state index in [1.54, 1.807) is 0 Å². The van der Waals surface area contributed by atoms with Gasteiger partial charge in [0.2, 0.25) is 5.91 Å². The Kier molecular flexibility index (Phi) is 6.16. The smallest absolute Gasteiger partial charge is 0.221 e. The summed E-state index contributed by atoms with van der Waals surface area (Å²) in [5, 5.41) is 6.46. The second kappa shape index (κ2) is 7.90. The van der Waals surface area contributed by atoms with Gasteiger partial charge in [-0.25, -0.2) is 0 Å². The summed E-state index contributed by atoms with van der Waals surface area (Å²) in [4.78, 5) is 13.7. The summed E-state index contributed by atoms with van der Waals surface area (Å²) in [5.74, 6) is -0.0452. The lowest BCUT2D eigenvalue weighted by Crippen LogP contribution is -2.54. The number of carbonyl (C=O) groups excluding carboxylic acids is 1. The van der Waals surface area contributed by atoms with Crippen molar-refractivity contribution < 1.29 is 9.53 Å². The van der Waals surface area contributed by atoms with Gasteiger partial charge in [-0.2, -0.15) is 0 Å². The lowest BCUT2D eigenvalue weighted by molar-refractivity contribution is -0.114. The van der Waals surface area contributed by atoms with Gasteiger partial charge in [-0.15, -0.1) is 0 Å². The van der Waals surface area contributed by atoms with E-state index in [0.29, 0.717) is 0 Å². The summed E-state index contributed by atoms with van der Waals surface area (Å²) >= 11 is 0. The highest BCUT2D eigenvalue weighted by Gasteiger charge is 2.28. The molecule has 0 radical (unpaired) electrons. The van der Waals surface area contributed by atoms with Gasteiger partial charge < -0.3 is 15.4 Å². The third kappa shape index (κ3) is 5.30. The SMILES string of the molecule is CC(=O)Nc1cccc(C(C)NCC(C)(C)N2CCOCC2)c1. The molecule has 2 N–H and O–H groups in total. The number of nitrogens with zero attached hydrogens (tertiary/aromatic N) is 1. The third-order valence-electron chi connectivity index (χ3n) is 4.42. The lowest BCUT2D eigenvalue weighted by atomic mass is 10.0. The summed E-state index contributed by atoms with van der Waals surface area (Å²) in [7, 11) is 0. The molecule has 1 aliphatic rings. The molecule has 1 heterocycles. The first-order valence-electron chi connectivity index (χ1n) is 8.32. The molecule has 1 aromatic carbocycles. The monoisotopic (exact) mass is 319 g/mol. The van der Waals surface area contributed by atoms with Crippen LogP contribution in [0.5, 0.6) is 0 Å². The molecule has 0 aliphatic carbocycles. The van der Waals surface area contributed by atoms with Gasteiger partial charge in [-0.3, -0.25) is 9.69 Å². The van der Waals surface area contributed by atoms with Crippen LogP contribution >= 0.6 is 0 Å². The predicted molar refractivity (Wildman–Crippen MR) is 93.6 cm³/mol. The average Bonchev–Trinajstić information content (AvgIpc) is 2.53. The maximum Gasteiger partial charge on any atom is 0.221 e. The summed E-state index contributed by atoms with van der Waals surface area (Å²) in [5.41, 5.74) is 2.11. The van der Waals surface area contributed by atoms with Crippen LogP contribution in [0, 0.1) is 0 Å². The van der Waals surface area contributed by atoms with Crippen LogP contribution in [0.1, 0.15) is 39.3 Å². The van der Waals surface area contributed by atoms with Crippen molar-refractivity contribution in [2.45, 2.75) is 39.3 Å². The first kappa shape index (κ1) is 17.9. The van der Waals surface area contributed by atoms with Crippen LogP contribution in [-0.2, 0) is 9.53 Å². The Morgan fingerprint density at radius 3 is 2.70 bits per heavy atom. The molecule has 1 amide bonds. The van der Waals surface area contributed by atoms with Gasteiger partial charge in [0.05, 0.1) is 13.2 Å². The quantitative estimate of drug-likeness (QED) is 0.845. The summed E-state index contributed by atoms with van der Waals surface area (Å²) < 4.78 is 5.44. The van der Waals surface area contributed by atoms with Crippen molar-refractivity contribution in [2.75, 3.05) is 38.2 Å². The van der Waals surface area contributed by atoms with E-state index in [0.717, 1.165) is 38.5 Å². The van der Waals surface area contributed by atoms with Crippen LogP contribution in [-0.4, -0.2) is 49.2 Å². The number of anilines is 1. The zero-order chi connectivity index (χ0) is 16.9. The van der Waals surface area contributed by atoms with Crippen molar-refractivity contribution in [3.8, 4) is 0 Å². The number of ether oxygens (including phenoxy) is 1. The van der Waals surface area contributed by atoms with Gasteiger partial charge in [-0.05, 0) is 38.5 Å². The normalized spacial score (nSPS) is 17.7. The van der Waals surface area contributed by atoms with Crippen molar-refractivity contribution >= 4 is 11.6 Å². The van der Waals surface area contributed by atoms with Crippen molar-refractivity contribution in [3.63, 3.8) is 0 Å². The predicted octanol–water partition coefficient (Wildman–Crippen LogP) is 2.41. The highest BCUT2D eigenvalue weighted by atomic mass is 16.5. The van der Waals surface area contributed by atoms with Crippen LogP contribution < -0.4 is 10.6 Å². The van der Waals surface area contributed by atoms with E-state index in [-0.39, 0.29) is 17.5 Å². The number of hydrogen-bond donors (Lipinski definition) is 2. The molecule has 5 nitrogen and oxygen atoms in total. The van der Waals surface area contributed by atoms with Crippen molar-refractivity contribution in [1.82, 2.24) is 10.2 Å². The molecular weight excluding hydrogens is 290 g/mol. The molecule has 1 unspecified atom stereocenters. The number of benzene rings is 1. The maximum atomic E-state index is 11.2. The molecule has 0 spiro atoms. The third-order valence-corrected chi connectivity index (χ3v) is 4.42. The van der Waals surface area contributed by atoms with Crippen LogP contribution in [0.2, 0.25) is 0 Å². The van der Waals surface area contributed by atoms with Gasteiger partial charge >= 0.3 is 0 Å².